The highest BCUT2D eigenvalue weighted by Crippen LogP contribution is 2.29. The first kappa shape index (κ1) is 20.7. The van der Waals surface area contributed by atoms with Crippen LogP contribution in [-0.4, -0.2) is 38.1 Å². The Kier molecular flexibility index (Phi) is 8.49. The summed E-state index contributed by atoms with van der Waals surface area (Å²) in [5.74, 6) is 1.09. The van der Waals surface area contributed by atoms with Gasteiger partial charge in [0.15, 0.2) is 0 Å². The molecule has 0 aliphatic carbocycles. The average molecular weight is 329 g/mol. The summed E-state index contributed by atoms with van der Waals surface area (Å²) >= 11 is 0. The van der Waals surface area contributed by atoms with E-state index in [4.69, 9.17) is 10.5 Å². The number of hydrogen-bond acceptors (Lipinski definition) is 3. The molecule has 0 radical (unpaired) electrons. The molecule has 5 heteroatoms. The Morgan fingerprint density at radius 2 is 1.95 bits per heavy atom. The molecular weight excluding hydrogens is 300 g/mol. The van der Waals surface area contributed by atoms with E-state index < -0.39 is 0 Å². The van der Waals surface area contributed by atoms with E-state index in [0.29, 0.717) is 19.5 Å². The molecule has 22 heavy (non-hydrogen) atoms. The van der Waals surface area contributed by atoms with Gasteiger partial charge in [0, 0.05) is 20.0 Å². The maximum Gasteiger partial charge on any atom is 0.222 e. The molecule has 0 heterocycles. The van der Waals surface area contributed by atoms with Crippen molar-refractivity contribution >= 4 is 18.3 Å². The monoisotopic (exact) mass is 328 g/mol. The highest BCUT2D eigenvalue weighted by Gasteiger charge is 2.23. The van der Waals surface area contributed by atoms with Crippen LogP contribution in [0, 0.1) is 5.41 Å². The molecule has 1 aromatic rings. The largest absolute Gasteiger partial charge is 0.496 e. The minimum absolute atomic E-state index is 0. The summed E-state index contributed by atoms with van der Waals surface area (Å²) in [5.41, 5.74) is 6.74. The van der Waals surface area contributed by atoms with Gasteiger partial charge in [-0.1, -0.05) is 39.0 Å². The van der Waals surface area contributed by atoms with Gasteiger partial charge in [-0.3, -0.25) is 4.79 Å². The second-order valence-corrected chi connectivity index (χ2v) is 6.47. The molecule has 0 aromatic heterocycles. The number of benzene rings is 1. The lowest BCUT2D eigenvalue weighted by Gasteiger charge is -2.29. The lowest BCUT2D eigenvalue weighted by atomic mass is 9.92. The van der Waals surface area contributed by atoms with Crippen molar-refractivity contribution in [2.45, 2.75) is 33.1 Å². The van der Waals surface area contributed by atoms with Gasteiger partial charge in [0.1, 0.15) is 5.75 Å². The Balaban J connectivity index is 0.00000441. The molecule has 1 atom stereocenters. The van der Waals surface area contributed by atoms with E-state index in [1.165, 1.54) is 0 Å². The standard InChI is InChI=1S/C17H28N2O2.ClH/c1-13(14-8-6-7-9-15(14)21-5)10-16(20)19(4)12-17(2,3)11-18;/h6-9,13H,10-12,18H2,1-5H3;1H. The maximum absolute atomic E-state index is 12.4. The smallest absolute Gasteiger partial charge is 0.222 e. The van der Waals surface area contributed by atoms with Crippen molar-refractivity contribution in [2.24, 2.45) is 11.1 Å². The zero-order valence-electron chi connectivity index (χ0n) is 14.3. The fraction of sp³-hybridized carbons (Fsp3) is 0.588. The van der Waals surface area contributed by atoms with Gasteiger partial charge in [0.2, 0.25) is 5.91 Å². The summed E-state index contributed by atoms with van der Waals surface area (Å²) in [4.78, 5) is 14.1. The topological polar surface area (TPSA) is 55.6 Å². The van der Waals surface area contributed by atoms with Crippen LogP contribution in [0.25, 0.3) is 0 Å². The van der Waals surface area contributed by atoms with Gasteiger partial charge in [0.05, 0.1) is 7.11 Å². The van der Waals surface area contributed by atoms with E-state index in [1.54, 1.807) is 12.0 Å². The average Bonchev–Trinajstić information content (AvgIpc) is 2.46. The van der Waals surface area contributed by atoms with Crippen LogP contribution < -0.4 is 10.5 Å². The van der Waals surface area contributed by atoms with E-state index >= 15 is 0 Å². The number of halogens is 1. The third kappa shape index (κ3) is 5.85. The predicted octanol–water partition coefficient (Wildman–Crippen LogP) is 3.05. The molecule has 0 saturated carbocycles. The number of nitrogens with two attached hydrogens (primary N) is 1. The zero-order chi connectivity index (χ0) is 16.0. The summed E-state index contributed by atoms with van der Waals surface area (Å²) in [6.07, 6.45) is 0.470. The fourth-order valence-electron chi connectivity index (χ4n) is 2.40. The zero-order valence-corrected chi connectivity index (χ0v) is 15.1. The van der Waals surface area contributed by atoms with Crippen LogP contribution in [0.5, 0.6) is 5.75 Å². The molecule has 4 nitrogen and oxygen atoms in total. The predicted molar refractivity (Wildman–Crippen MR) is 93.7 cm³/mol. The first-order valence-electron chi connectivity index (χ1n) is 7.37. The van der Waals surface area contributed by atoms with E-state index in [2.05, 4.69) is 20.8 Å². The number of rotatable bonds is 7. The molecule has 1 amide bonds. The van der Waals surface area contributed by atoms with Crippen molar-refractivity contribution in [1.82, 2.24) is 4.90 Å². The summed E-state index contributed by atoms with van der Waals surface area (Å²) in [5, 5.41) is 0. The van der Waals surface area contributed by atoms with Gasteiger partial charge in [-0.05, 0) is 29.5 Å². The fourth-order valence-corrected chi connectivity index (χ4v) is 2.40. The molecule has 0 aliphatic heterocycles. The second-order valence-electron chi connectivity index (χ2n) is 6.47. The van der Waals surface area contributed by atoms with Crippen molar-refractivity contribution in [1.29, 1.82) is 0 Å². The van der Waals surface area contributed by atoms with Crippen LogP contribution in [0.2, 0.25) is 0 Å². The van der Waals surface area contributed by atoms with Crippen LogP contribution in [0.1, 0.15) is 38.7 Å². The highest BCUT2D eigenvalue weighted by atomic mass is 35.5. The number of nitrogens with zero attached hydrogens (tertiary/aromatic N) is 1. The third-order valence-electron chi connectivity index (χ3n) is 3.79. The van der Waals surface area contributed by atoms with Crippen LogP contribution in [0.3, 0.4) is 0 Å². The Hall–Kier alpha value is -1.26. The molecule has 2 N–H and O–H groups in total. The Labute approximate surface area is 140 Å². The number of amides is 1. The van der Waals surface area contributed by atoms with Gasteiger partial charge < -0.3 is 15.4 Å². The van der Waals surface area contributed by atoms with Crippen LogP contribution in [-0.2, 0) is 4.79 Å². The van der Waals surface area contributed by atoms with E-state index in [-0.39, 0.29) is 29.6 Å². The quantitative estimate of drug-likeness (QED) is 0.837. The summed E-state index contributed by atoms with van der Waals surface area (Å²) in [7, 11) is 3.50. The van der Waals surface area contributed by atoms with Crippen LogP contribution in [0.15, 0.2) is 24.3 Å². The second kappa shape index (κ2) is 9.01. The van der Waals surface area contributed by atoms with E-state index in [9.17, 15) is 4.79 Å². The molecular formula is C17H29ClN2O2. The normalized spacial score (nSPS) is 12.3. The van der Waals surface area contributed by atoms with Gasteiger partial charge in [0.25, 0.3) is 0 Å². The number of hydrogen-bond donors (Lipinski definition) is 1. The Morgan fingerprint density at radius 1 is 1.36 bits per heavy atom. The van der Waals surface area contributed by atoms with Gasteiger partial charge >= 0.3 is 0 Å². The number of para-hydroxylation sites is 1. The van der Waals surface area contributed by atoms with Gasteiger partial charge in [-0.25, -0.2) is 0 Å². The van der Waals surface area contributed by atoms with Crippen molar-refractivity contribution < 1.29 is 9.53 Å². The van der Waals surface area contributed by atoms with Crippen LogP contribution in [0.4, 0.5) is 0 Å². The highest BCUT2D eigenvalue weighted by molar-refractivity contribution is 5.85. The first-order chi connectivity index (χ1) is 9.80. The Morgan fingerprint density at radius 3 is 2.50 bits per heavy atom. The number of carbonyl (C=O) groups is 1. The molecule has 1 aromatic carbocycles. The SMILES string of the molecule is COc1ccccc1C(C)CC(=O)N(C)CC(C)(C)CN.Cl. The Bertz CT molecular complexity index is 477. The van der Waals surface area contributed by atoms with Gasteiger partial charge in [-0.2, -0.15) is 0 Å². The number of carbonyl (C=O) groups excluding carboxylic acids is 1. The molecule has 1 unspecified atom stereocenters. The van der Waals surface area contributed by atoms with Crippen molar-refractivity contribution in [3.05, 3.63) is 29.8 Å². The lowest BCUT2D eigenvalue weighted by Crippen LogP contribution is -2.40. The minimum atomic E-state index is -0.0575. The molecule has 0 bridgehead atoms. The molecule has 0 saturated heterocycles. The third-order valence-corrected chi connectivity index (χ3v) is 3.79. The molecule has 1 rings (SSSR count). The maximum atomic E-state index is 12.4. The van der Waals surface area contributed by atoms with Crippen molar-refractivity contribution in [3.63, 3.8) is 0 Å². The van der Waals surface area contributed by atoms with E-state index in [1.807, 2.05) is 31.3 Å². The number of methoxy groups -OCH3 is 1. The molecule has 0 aliphatic rings. The van der Waals surface area contributed by atoms with Crippen LogP contribution >= 0.6 is 12.4 Å². The summed E-state index contributed by atoms with van der Waals surface area (Å²) in [6.45, 7) is 7.42. The van der Waals surface area contributed by atoms with Gasteiger partial charge in [-0.15, -0.1) is 12.4 Å². The number of ether oxygens (including phenoxy) is 1. The molecule has 126 valence electrons. The molecule has 0 spiro atoms. The minimum Gasteiger partial charge on any atom is -0.496 e. The van der Waals surface area contributed by atoms with Crippen molar-refractivity contribution in [2.75, 3.05) is 27.2 Å². The van der Waals surface area contributed by atoms with Crippen molar-refractivity contribution in [3.8, 4) is 5.75 Å². The molecule has 0 fully saturated rings. The van der Waals surface area contributed by atoms with E-state index in [0.717, 1.165) is 11.3 Å². The first-order valence-corrected chi connectivity index (χ1v) is 7.37. The summed E-state index contributed by atoms with van der Waals surface area (Å²) in [6, 6.07) is 7.85. The summed E-state index contributed by atoms with van der Waals surface area (Å²) < 4.78 is 5.37. The lowest BCUT2D eigenvalue weighted by molar-refractivity contribution is -0.131.